The van der Waals surface area contributed by atoms with Crippen LogP contribution in [0.4, 0.5) is 0 Å². The Morgan fingerprint density at radius 1 is 1.47 bits per heavy atom. The molecule has 2 atom stereocenters. The topological polar surface area (TPSA) is 83.5 Å². The van der Waals surface area contributed by atoms with Gasteiger partial charge in [-0.25, -0.2) is 0 Å². The summed E-state index contributed by atoms with van der Waals surface area (Å²) < 4.78 is 0. The number of pyridine rings is 1. The summed E-state index contributed by atoms with van der Waals surface area (Å²) in [6.07, 6.45) is 3.48. The molecule has 5 heteroatoms. The van der Waals surface area contributed by atoms with Crippen LogP contribution in [-0.2, 0) is 0 Å². The van der Waals surface area contributed by atoms with Gasteiger partial charge in [-0.15, -0.1) is 0 Å². The molecule has 0 aromatic carbocycles. The van der Waals surface area contributed by atoms with Crippen molar-refractivity contribution in [1.29, 1.82) is 0 Å². The van der Waals surface area contributed by atoms with Crippen molar-refractivity contribution in [3.05, 3.63) is 30.1 Å². The predicted molar refractivity (Wildman–Crippen MR) is 58.7 cm³/mol. The molecule has 1 aromatic heterocycles. The maximum absolute atomic E-state index is 8.50. The van der Waals surface area contributed by atoms with Crippen LogP contribution in [0, 0.1) is 0 Å². The third-order valence-corrected chi connectivity index (χ3v) is 2.27. The van der Waals surface area contributed by atoms with Crippen LogP contribution in [0.2, 0.25) is 0 Å². The first-order chi connectivity index (χ1) is 7.15. The lowest BCUT2D eigenvalue weighted by atomic mass is 10.1. The molecule has 1 heterocycles. The average Bonchev–Trinajstić information content (AvgIpc) is 2.29. The lowest BCUT2D eigenvalue weighted by Crippen LogP contribution is -2.40. The van der Waals surface area contributed by atoms with Gasteiger partial charge in [0.15, 0.2) is 5.84 Å². The number of amidine groups is 1. The number of hydrogen-bond donors (Lipinski definition) is 3. The van der Waals surface area contributed by atoms with Crippen LogP contribution in [0.15, 0.2) is 29.7 Å². The number of nitrogens with one attached hydrogen (secondary N) is 1. The van der Waals surface area contributed by atoms with Gasteiger partial charge in [-0.05, 0) is 31.5 Å². The third kappa shape index (κ3) is 3.21. The molecule has 4 N–H and O–H groups in total. The second-order valence-corrected chi connectivity index (χ2v) is 3.42. The van der Waals surface area contributed by atoms with Gasteiger partial charge in [-0.1, -0.05) is 5.16 Å². The van der Waals surface area contributed by atoms with Crippen LogP contribution in [0.5, 0.6) is 0 Å². The van der Waals surface area contributed by atoms with Gasteiger partial charge in [-0.3, -0.25) is 4.98 Å². The van der Waals surface area contributed by atoms with E-state index in [4.69, 9.17) is 10.9 Å². The Bertz CT molecular complexity index is 325. The Morgan fingerprint density at radius 3 is 2.60 bits per heavy atom. The van der Waals surface area contributed by atoms with Crippen LogP contribution in [-0.4, -0.2) is 22.1 Å². The molecule has 0 radical (unpaired) electrons. The zero-order valence-corrected chi connectivity index (χ0v) is 8.88. The molecule has 0 spiro atoms. The summed E-state index contributed by atoms with van der Waals surface area (Å²) in [5.74, 6) is 0.177. The zero-order chi connectivity index (χ0) is 11.3. The summed E-state index contributed by atoms with van der Waals surface area (Å²) >= 11 is 0. The number of aromatic nitrogens is 1. The van der Waals surface area contributed by atoms with E-state index >= 15 is 0 Å². The van der Waals surface area contributed by atoms with E-state index in [2.05, 4.69) is 15.5 Å². The highest BCUT2D eigenvalue weighted by atomic mass is 16.4. The van der Waals surface area contributed by atoms with Gasteiger partial charge < -0.3 is 16.3 Å². The van der Waals surface area contributed by atoms with Crippen molar-refractivity contribution >= 4 is 5.84 Å². The SMILES string of the molecule is CC(NC(C)c1ccncc1)C(N)=NO. The number of nitrogens with two attached hydrogens (primary N) is 1. The lowest BCUT2D eigenvalue weighted by Gasteiger charge is -2.18. The molecule has 5 nitrogen and oxygen atoms in total. The van der Waals surface area contributed by atoms with Gasteiger partial charge in [0.1, 0.15) is 0 Å². The van der Waals surface area contributed by atoms with Gasteiger partial charge >= 0.3 is 0 Å². The molecule has 15 heavy (non-hydrogen) atoms. The van der Waals surface area contributed by atoms with Crippen molar-refractivity contribution in [2.75, 3.05) is 0 Å². The largest absolute Gasteiger partial charge is 0.409 e. The van der Waals surface area contributed by atoms with Crippen LogP contribution in [0.1, 0.15) is 25.5 Å². The van der Waals surface area contributed by atoms with E-state index < -0.39 is 0 Å². The Labute approximate surface area is 89.0 Å². The molecule has 1 rings (SSSR count). The fraction of sp³-hybridized carbons (Fsp3) is 0.400. The minimum absolute atomic E-state index is 0.128. The fourth-order valence-corrected chi connectivity index (χ4v) is 1.30. The van der Waals surface area contributed by atoms with Crippen molar-refractivity contribution in [1.82, 2.24) is 10.3 Å². The molecule has 0 saturated carbocycles. The predicted octanol–water partition coefficient (Wildman–Crippen LogP) is 0.867. The second kappa shape index (κ2) is 5.31. The van der Waals surface area contributed by atoms with Crippen molar-refractivity contribution in [2.45, 2.75) is 25.9 Å². The number of oxime groups is 1. The third-order valence-electron chi connectivity index (χ3n) is 2.27. The molecule has 82 valence electrons. The van der Waals surface area contributed by atoms with Crippen LogP contribution < -0.4 is 11.1 Å². The van der Waals surface area contributed by atoms with Crippen molar-refractivity contribution in [3.8, 4) is 0 Å². The van der Waals surface area contributed by atoms with Crippen molar-refractivity contribution in [3.63, 3.8) is 0 Å². The maximum atomic E-state index is 8.50. The standard InChI is InChI=1S/C10H16N4O/c1-7(9-3-5-12-6-4-9)13-8(2)10(11)14-15/h3-8,13,15H,1-2H3,(H2,11,14). The summed E-state index contributed by atoms with van der Waals surface area (Å²) in [6.45, 7) is 3.85. The molecule has 2 unspecified atom stereocenters. The molecule has 0 fully saturated rings. The van der Waals surface area contributed by atoms with Crippen LogP contribution in [0.3, 0.4) is 0 Å². The van der Waals surface area contributed by atoms with Gasteiger partial charge in [0.2, 0.25) is 0 Å². The Hall–Kier alpha value is -1.62. The lowest BCUT2D eigenvalue weighted by molar-refractivity contribution is 0.314. The van der Waals surface area contributed by atoms with E-state index in [1.54, 1.807) is 12.4 Å². The molecule has 0 saturated heterocycles. The normalized spacial score (nSPS) is 16.0. The molecule has 0 amide bonds. The summed E-state index contributed by atoms with van der Waals surface area (Å²) in [6, 6.07) is 3.81. The summed E-state index contributed by atoms with van der Waals surface area (Å²) in [5, 5.41) is 14.7. The van der Waals surface area contributed by atoms with Gasteiger partial charge in [0.25, 0.3) is 0 Å². The van der Waals surface area contributed by atoms with Gasteiger partial charge in [-0.2, -0.15) is 0 Å². The average molecular weight is 208 g/mol. The van der Waals surface area contributed by atoms with Gasteiger partial charge in [0, 0.05) is 18.4 Å². The second-order valence-electron chi connectivity index (χ2n) is 3.42. The summed E-state index contributed by atoms with van der Waals surface area (Å²) in [5.41, 5.74) is 6.58. The maximum Gasteiger partial charge on any atom is 0.156 e. The zero-order valence-electron chi connectivity index (χ0n) is 8.88. The highest BCUT2D eigenvalue weighted by Crippen LogP contribution is 2.10. The van der Waals surface area contributed by atoms with E-state index in [0.717, 1.165) is 5.56 Å². The Balaban J connectivity index is 2.60. The van der Waals surface area contributed by atoms with Crippen molar-refractivity contribution < 1.29 is 5.21 Å². The minimum atomic E-state index is -0.168. The first-order valence-corrected chi connectivity index (χ1v) is 4.78. The highest BCUT2D eigenvalue weighted by molar-refractivity contribution is 5.84. The monoisotopic (exact) mass is 208 g/mol. The smallest absolute Gasteiger partial charge is 0.156 e. The van der Waals surface area contributed by atoms with E-state index in [9.17, 15) is 0 Å². The minimum Gasteiger partial charge on any atom is -0.409 e. The van der Waals surface area contributed by atoms with Crippen LogP contribution in [0.25, 0.3) is 0 Å². The Kier molecular flexibility index (Phi) is 4.05. The molecule has 0 bridgehead atoms. The van der Waals surface area contributed by atoms with Crippen LogP contribution >= 0.6 is 0 Å². The number of hydrogen-bond acceptors (Lipinski definition) is 4. The first kappa shape index (κ1) is 11.5. The van der Waals surface area contributed by atoms with E-state index in [1.165, 1.54) is 0 Å². The number of nitrogens with zero attached hydrogens (tertiary/aromatic N) is 2. The fourth-order valence-electron chi connectivity index (χ4n) is 1.30. The Morgan fingerprint density at radius 2 is 2.07 bits per heavy atom. The summed E-state index contributed by atoms with van der Waals surface area (Å²) in [4.78, 5) is 3.94. The molecule has 0 aliphatic heterocycles. The highest BCUT2D eigenvalue weighted by Gasteiger charge is 2.12. The first-order valence-electron chi connectivity index (χ1n) is 4.78. The molecule has 0 aliphatic rings. The molecular weight excluding hydrogens is 192 g/mol. The van der Waals surface area contributed by atoms with E-state index in [-0.39, 0.29) is 17.9 Å². The van der Waals surface area contributed by atoms with E-state index in [0.29, 0.717) is 0 Å². The van der Waals surface area contributed by atoms with Gasteiger partial charge in [0.05, 0.1) is 6.04 Å². The molecule has 1 aromatic rings. The molecule has 0 aliphatic carbocycles. The van der Waals surface area contributed by atoms with E-state index in [1.807, 2.05) is 26.0 Å². The quantitative estimate of drug-likeness (QED) is 0.297. The molecular formula is C10H16N4O. The van der Waals surface area contributed by atoms with Crippen molar-refractivity contribution in [2.24, 2.45) is 10.9 Å². The number of rotatable bonds is 4. The summed E-state index contributed by atoms with van der Waals surface area (Å²) in [7, 11) is 0.